The first-order valence-electron chi connectivity index (χ1n) is 7.37. The van der Waals surface area contributed by atoms with Crippen LogP contribution in [0.4, 0.5) is 0 Å². The van der Waals surface area contributed by atoms with E-state index in [0.717, 1.165) is 25.2 Å². The Morgan fingerprint density at radius 3 is 2.37 bits per heavy atom. The molecule has 0 spiro atoms. The molecule has 0 bridgehead atoms. The van der Waals surface area contributed by atoms with Crippen molar-refractivity contribution in [2.45, 2.75) is 60.5 Å². The lowest BCUT2D eigenvalue weighted by Crippen LogP contribution is -2.37. The topological polar surface area (TPSA) is 29.9 Å². The van der Waals surface area contributed by atoms with Gasteiger partial charge in [0.1, 0.15) is 0 Å². The van der Waals surface area contributed by atoms with E-state index in [9.17, 15) is 0 Å². The van der Waals surface area contributed by atoms with Crippen LogP contribution in [-0.2, 0) is 13.0 Å². The molecule has 0 aromatic carbocycles. The molecular weight excluding hydrogens is 302 g/mol. The number of nitrogens with zero attached hydrogens (tertiary/aromatic N) is 2. The van der Waals surface area contributed by atoms with E-state index in [-0.39, 0.29) is 0 Å². The van der Waals surface area contributed by atoms with Gasteiger partial charge in [0, 0.05) is 12.6 Å². The second kappa shape index (κ2) is 7.44. The number of rotatable bonds is 7. The van der Waals surface area contributed by atoms with Crippen molar-refractivity contribution in [3.63, 3.8) is 0 Å². The Morgan fingerprint density at radius 2 is 1.89 bits per heavy atom. The predicted octanol–water partition coefficient (Wildman–Crippen LogP) is 3.79. The highest BCUT2D eigenvalue weighted by atomic mass is 79.9. The summed E-state index contributed by atoms with van der Waals surface area (Å²) in [6, 6.07) is 0.525. The molecule has 1 aromatic rings. The van der Waals surface area contributed by atoms with Crippen LogP contribution in [0.1, 0.15) is 46.0 Å². The normalized spacial score (nSPS) is 14.9. The van der Waals surface area contributed by atoms with Crippen LogP contribution in [-0.4, -0.2) is 22.4 Å². The van der Waals surface area contributed by atoms with Crippen molar-refractivity contribution in [3.05, 3.63) is 15.9 Å². The van der Waals surface area contributed by atoms with E-state index in [2.05, 4.69) is 72.6 Å². The zero-order chi connectivity index (χ0) is 14.6. The quantitative estimate of drug-likeness (QED) is 0.824. The Morgan fingerprint density at radius 1 is 1.26 bits per heavy atom. The van der Waals surface area contributed by atoms with E-state index in [1.54, 1.807) is 0 Å². The minimum absolute atomic E-state index is 0.525. The van der Waals surface area contributed by atoms with E-state index >= 15 is 0 Å². The number of hydrogen-bond acceptors (Lipinski definition) is 2. The first kappa shape index (κ1) is 16.7. The fourth-order valence-corrected chi connectivity index (χ4v) is 3.20. The van der Waals surface area contributed by atoms with Gasteiger partial charge >= 0.3 is 0 Å². The number of hydrogen-bond donors (Lipinski definition) is 1. The van der Waals surface area contributed by atoms with Crippen LogP contribution in [0.2, 0.25) is 0 Å². The lowest BCUT2D eigenvalue weighted by Gasteiger charge is -2.28. The van der Waals surface area contributed by atoms with Crippen molar-refractivity contribution in [1.29, 1.82) is 0 Å². The molecule has 4 heteroatoms. The molecule has 0 radical (unpaired) electrons. The second-order valence-corrected chi connectivity index (χ2v) is 6.41. The molecule has 1 N–H and O–H groups in total. The highest BCUT2D eigenvalue weighted by molar-refractivity contribution is 9.10. The van der Waals surface area contributed by atoms with Crippen LogP contribution in [0.25, 0.3) is 0 Å². The van der Waals surface area contributed by atoms with Crippen molar-refractivity contribution in [3.8, 4) is 0 Å². The summed E-state index contributed by atoms with van der Waals surface area (Å²) in [5.74, 6) is 1.28. The third kappa shape index (κ3) is 4.06. The van der Waals surface area contributed by atoms with Gasteiger partial charge in [-0.15, -0.1) is 0 Å². The molecular formula is C15H28BrN3. The maximum absolute atomic E-state index is 4.60. The van der Waals surface area contributed by atoms with Crippen LogP contribution in [0, 0.1) is 18.8 Å². The van der Waals surface area contributed by atoms with Crippen LogP contribution in [0.5, 0.6) is 0 Å². The van der Waals surface area contributed by atoms with Crippen LogP contribution < -0.4 is 5.32 Å². The standard InChI is InChI=1S/C15H28BrN3/c1-7-17-11(5)13(10(3)4)9-14-15(16)12(6)18-19(14)8-2/h10-11,13,17H,7-9H2,1-6H3. The molecule has 3 nitrogen and oxygen atoms in total. The monoisotopic (exact) mass is 329 g/mol. The van der Waals surface area contributed by atoms with Crippen molar-refractivity contribution < 1.29 is 0 Å². The van der Waals surface area contributed by atoms with Crippen molar-refractivity contribution in [2.75, 3.05) is 6.54 Å². The van der Waals surface area contributed by atoms with Gasteiger partial charge in [-0.1, -0.05) is 20.8 Å². The summed E-state index contributed by atoms with van der Waals surface area (Å²) >= 11 is 3.70. The van der Waals surface area contributed by atoms with Crippen LogP contribution >= 0.6 is 15.9 Å². The molecule has 0 aliphatic heterocycles. The molecule has 110 valence electrons. The van der Waals surface area contributed by atoms with Crippen molar-refractivity contribution >= 4 is 15.9 Å². The number of aromatic nitrogens is 2. The first-order chi connectivity index (χ1) is 8.92. The summed E-state index contributed by atoms with van der Waals surface area (Å²) in [6.45, 7) is 15.3. The largest absolute Gasteiger partial charge is 0.314 e. The SMILES string of the molecule is CCNC(C)C(Cc1c(Br)c(C)nn1CC)C(C)C. The lowest BCUT2D eigenvalue weighted by molar-refractivity contribution is 0.286. The zero-order valence-electron chi connectivity index (χ0n) is 13.1. The Labute approximate surface area is 126 Å². The molecule has 0 saturated carbocycles. The van der Waals surface area contributed by atoms with E-state index in [1.165, 1.54) is 10.2 Å². The van der Waals surface area contributed by atoms with Crippen LogP contribution in [0.15, 0.2) is 4.47 Å². The molecule has 0 aliphatic carbocycles. The average Bonchev–Trinajstić information content (AvgIpc) is 2.62. The zero-order valence-corrected chi connectivity index (χ0v) is 14.7. The summed E-state index contributed by atoms with van der Waals surface area (Å²) < 4.78 is 3.32. The first-order valence-corrected chi connectivity index (χ1v) is 8.16. The summed E-state index contributed by atoms with van der Waals surface area (Å²) in [6.07, 6.45) is 1.07. The fourth-order valence-electron chi connectivity index (χ4n) is 2.75. The smallest absolute Gasteiger partial charge is 0.0738 e. The summed E-state index contributed by atoms with van der Waals surface area (Å²) in [5, 5.41) is 8.16. The molecule has 0 aliphatic rings. The summed E-state index contributed by atoms with van der Waals surface area (Å²) in [5.41, 5.74) is 2.43. The van der Waals surface area contributed by atoms with Gasteiger partial charge in [-0.25, -0.2) is 0 Å². The van der Waals surface area contributed by atoms with Gasteiger partial charge in [0.05, 0.1) is 15.9 Å². The van der Waals surface area contributed by atoms with Gasteiger partial charge in [0.2, 0.25) is 0 Å². The molecule has 2 atom stereocenters. The Hall–Kier alpha value is -0.350. The molecule has 2 unspecified atom stereocenters. The van der Waals surface area contributed by atoms with Crippen LogP contribution in [0.3, 0.4) is 0 Å². The minimum atomic E-state index is 0.525. The summed E-state index contributed by atoms with van der Waals surface area (Å²) in [4.78, 5) is 0. The van der Waals surface area contributed by atoms with E-state index in [4.69, 9.17) is 0 Å². The highest BCUT2D eigenvalue weighted by Crippen LogP contribution is 2.27. The van der Waals surface area contributed by atoms with Gasteiger partial charge in [-0.2, -0.15) is 5.10 Å². The minimum Gasteiger partial charge on any atom is -0.314 e. The van der Waals surface area contributed by atoms with Gasteiger partial charge in [0.25, 0.3) is 0 Å². The molecule has 0 amide bonds. The van der Waals surface area contributed by atoms with E-state index in [0.29, 0.717) is 17.9 Å². The number of halogens is 1. The van der Waals surface area contributed by atoms with Gasteiger partial charge in [-0.05, 0) is 61.5 Å². The molecule has 1 rings (SSSR count). The molecule has 1 aromatic heterocycles. The Bertz CT molecular complexity index is 398. The fraction of sp³-hybridized carbons (Fsp3) is 0.800. The lowest BCUT2D eigenvalue weighted by atomic mass is 9.85. The van der Waals surface area contributed by atoms with Crippen molar-refractivity contribution in [2.24, 2.45) is 11.8 Å². The molecule has 0 fully saturated rings. The number of nitrogens with one attached hydrogen (secondary N) is 1. The van der Waals surface area contributed by atoms with E-state index in [1.807, 2.05) is 0 Å². The summed E-state index contributed by atoms with van der Waals surface area (Å²) in [7, 11) is 0. The maximum atomic E-state index is 4.60. The molecule has 0 saturated heterocycles. The second-order valence-electron chi connectivity index (χ2n) is 5.62. The highest BCUT2D eigenvalue weighted by Gasteiger charge is 2.24. The van der Waals surface area contributed by atoms with Gasteiger partial charge < -0.3 is 5.32 Å². The third-order valence-corrected chi connectivity index (χ3v) is 4.94. The molecule has 19 heavy (non-hydrogen) atoms. The Balaban J connectivity index is 2.96. The van der Waals surface area contributed by atoms with E-state index < -0.39 is 0 Å². The average molecular weight is 330 g/mol. The third-order valence-electron chi connectivity index (χ3n) is 3.91. The predicted molar refractivity (Wildman–Crippen MR) is 85.5 cm³/mol. The van der Waals surface area contributed by atoms with Gasteiger partial charge in [0.15, 0.2) is 0 Å². The van der Waals surface area contributed by atoms with Crippen molar-refractivity contribution in [1.82, 2.24) is 15.1 Å². The Kier molecular flexibility index (Phi) is 6.54. The van der Waals surface area contributed by atoms with Gasteiger partial charge in [-0.3, -0.25) is 4.68 Å². The maximum Gasteiger partial charge on any atom is 0.0738 e. The molecule has 1 heterocycles. The number of aryl methyl sites for hydroxylation is 2.